The first-order valence-corrected chi connectivity index (χ1v) is 12.2. The van der Waals surface area contributed by atoms with E-state index in [0.29, 0.717) is 11.3 Å². The quantitative estimate of drug-likeness (QED) is 0.283. The number of aryl methyl sites for hydroxylation is 1. The first kappa shape index (κ1) is 22.6. The van der Waals surface area contributed by atoms with Gasteiger partial charge < -0.3 is 5.32 Å². The third kappa shape index (κ3) is 5.31. The second-order valence-corrected chi connectivity index (χ2v) is 8.96. The summed E-state index contributed by atoms with van der Waals surface area (Å²) in [4.78, 5) is 16.6. The molecule has 6 nitrogen and oxygen atoms in total. The van der Waals surface area contributed by atoms with Crippen molar-refractivity contribution in [3.05, 3.63) is 120 Å². The Balaban J connectivity index is 1.34. The summed E-state index contributed by atoms with van der Waals surface area (Å²) in [6.07, 6.45) is 3.51. The second kappa shape index (κ2) is 10.4. The van der Waals surface area contributed by atoms with Gasteiger partial charge in [-0.15, -0.1) is 10.2 Å². The number of carbonyl (C=O) groups is 1. The number of nitrogens with zero attached hydrogens (tertiary/aromatic N) is 4. The van der Waals surface area contributed by atoms with Gasteiger partial charge in [0.25, 0.3) is 5.91 Å². The first-order valence-electron chi connectivity index (χ1n) is 11.2. The van der Waals surface area contributed by atoms with Crippen molar-refractivity contribution in [3.63, 3.8) is 0 Å². The molecule has 0 atom stereocenters. The summed E-state index contributed by atoms with van der Waals surface area (Å²) in [5.74, 6) is 1.34. The largest absolute Gasteiger partial charge is 0.322 e. The van der Waals surface area contributed by atoms with Crippen LogP contribution in [-0.4, -0.2) is 25.7 Å². The number of para-hydroxylation sites is 1. The van der Waals surface area contributed by atoms with E-state index in [1.54, 1.807) is 24.2 Å². The summed E-state index contributed by atoms with van der Waals surface area (Å²) >= 11 is 1.60. The molecule has 2 heterocycles. The van der Waals surface area contributed by atoms with E-state index in [1.165, 1.54) is 5.56 Å². The lowest BCUT2D eigenvalue weighted by Crippen LogP contribution is -2.11. The van der Waals surface area contributed by atoms with E-state index in [4.69, 9.17) is 0 Å². The van der Waals surface area contributed by atoms with Gasteiger partial charge in [0.2, 0.25) is 0 Å². The number of benzene rings is 3. The van der Waals surface area contributed by atoms with E-state index in [2.05, 4.69) is 56.3 Å². The fraction of sp³-hybridized carbons (Fsp3) is 0.0714. The molecular formula is C28H23N5OS. The Morgan fingerprint density at radius 3 is 2.29 bits per heavy atom. The van der Waals surface area contributed by atoms with Crippen molar-refractivity contribution >= 4 is 23.4 Å². The number of hydrogen-bond donors (Lipinski definition) is 1. The Kier molecular flexibility index (Phi) is 6.68. The molecule has 2 aromatic heterocycles. The average Bonchev–Trinajstić information content (AvgIpc) is 3.33. The number of pyridine rings is 1. The lowest BCUT2D eigenvalue weighted by atomic mass is 10.1. The lowest BCUT2D eigenvalue weighted by molar-refractivity contribution is 0.102. The minimum absolute atomic E-state index is 0.128. The van der Waals surface area contributed by atoms with Gasteiger partial charge in [0, 0.05) is 40.6 Å². The van der Waals surface area contributed by atoms with Crippen molar-refractivity contribution in [2.45, 2.75) is 17.8 Å². The molecule has 0 spiro atoms. The highest BCUT2D eigenvalue weighted by atomic mass is 32.2. The number of anilines is 1. The van der Waals surface area contributed by atoms with Gasteiger partial charge in [-0.05, 0) is 61.0 Å². The van der Waals surface area contributed by atoms with Crippen LogP contribution < -0.4 is 5.32 Å². The number of amides is 1. The summed E-state index contributed by atoms with van der Waals surface area (Å²) in [7, 11) is 0. The van der Waals surface area contributed by atoms with Gasteiger partial charge in [-0.1, -0.05) is 59.8 Å². The van der Waals surface area contributed by atoms with Crippen LogP contribution in [-0.2, 0) is 5.75 Å². The fourth-order valence-electron chi connectivity index (χ4n) is 3.60. The summed E-state index contributed by atoms with van der Waals surface area (Å²) < 4.78 is 2.07. The van der Waals surface area contributed by atoms with Gasteiger partial charge in [0.15, 0.2) is 11.0 Å². The van der Waals surface area contributed by atoms with Gasteiger partial charge in [0.1, 0.15) is 0 Å². The third-order valence-corrected chi connectivity index (χ3v) is 6.48. The van der Waals surface area contributed by atoms with E-state index < -0.39 is 0 Å². The maximum absolute atomic E-state index is 12.5. The lowest BCUT2D eigenvalue weighted by Gasteiger charge is -2.11. The predicted molar refractivity (Wildman–Crippen MR) is 140 cm³/mol. The Morgan fingerprint density at radius 1 is 0.857 bits per heavy atom. The van der Waals surface area contributed by atoms with Crippen molar-refractivity contribution in [3.8, 4) is 17.1 Å². The molecule has 3 aromatic carbocycles. The standard InChI is InChI=1S/C28H23N5OS/c1-20-7-13-25(14-8-20)33-26(22-15-17-29-18-16-22)31-32-28(33)35-19-21-9-11-23(12-10-21)27(34)30-24-5-3-2-4-6-24/h2-18H,19H2,1H3,(H,30,34). The van der Waals surface area contributed by atoms with E-state index in [9.17, 15) is 4.79 Å². The SMILES string of the molecule is Cc1ccc(-n2c(SCc3ccc(C(=O)Nc4ccccc4)cc3)nnc2-c2ccncc2)cc1. The van der Waals surface area contributed by atoms with Crippen LogP contribution in [0.25, 0.3) is 17.1 Å². The van der Waals surface area contributed by atoms with Gasteiger partial charge in [-0.25, -0.2) is 0 Å². The molecule has 5 rings (SSSR count). The number of nitrogens with one attached hydrogen (secondary N) is 1. The van der Waals surface area contributed by atoms with Crippen LogP contribution in [0.5, 0.6) is 0 Å². The Morgan fingerprint density at radius 2 is 1.57 bits per heavy atom. The zero-order chi connectivity index (χ0) is 24.0. The molecule has 0 saturated carbocycles. The minimum atomic E-state index is -0.128. The van der Waals surface area contributed by atoms with Gasteiger partial charge in [-0.2, -0.15) is 0 Å². The van der Waals surface area contributed by atoms with Crippen LogP contribution in [0.15, 0.2) is 109 Å². The van der Waals surface area contributed by atoms with E-state index in [-0.39, 0.29) is 5.91 Å². The minimum Gasteiger partial charge on any atom is -0.322 e. The molecule has 1 N–H and O–H groups in total. The summed E-state index contributed by atoms with van der Waals surface area (Å²) in [5, 5.41) is 12.7. The highest BCUT2D eigenvalue weighted by Gasteiger charge is 2.16. The van der Waals surface area contributed by atoms with Gasteiger partial charge in [0.05, 0.1) is 0 Å². The predicted octanol–water partition coefficient (Wildman–Crippen LogP) is 6.18. The molecule has 1 amide bonds. The van der Waals surface area contributed by atoms with Gasteiger partial charge in [-0.3, -0.25) is 14.3 Å². The van der Waals surface area contributed by atoms with Crippen LogP contribution in [0.1, 0.15) is 21.5 Å². The number of rotatable bonds is 7. The number of thioether (sulfide) groups is 1. The number of aromatic nitrogens is 4. The van der Waals surface area contributed by atoms with Crippen molar-refractivity contribution in [1.82, 2.24) is 19.7 Å². The van der Waals surface area contributed by atoms with Crippen molar-refractivity contribution < 1.29 is 4.79 Å². The van der Waals surface area contributed by atoms with Crippen molar-refractivity contribution in [2.75, 3.05) is 5.32 Å². The highest BCUT2D eigenvalue weighted by molar-refractivity contribution is 7.98. The van der Waals surface area contributed by atoms with Crippen LogP contribution in [0.3, 0.4) is 0 Å². The number of carbonyl (C=O) groups excluding carboxylic acids is 1. The summed E-state index contributed by atoms with van der Waals surface area (Å²) in [6.45, 7) is 2.07. The highest BCUT2D eigenvalue weighted by Crippen LogP contribution is 2.29. The normalized spacial score (nSPS) is 10.8. The molecule has 0 bridgehead atoms. The fourth-order valence-corrected chi connectivity index (χ4v) is 4.51. The van der Waals surface area contributed by atoms with E-state index in [0.717, 1.165) is 33.5 Å². The molecule has 0 aliphatic heterocycles. The topological polar surface area (TPSA) is 72.7 Å². The first-order chi connectivity index (χ1) is 17.2. The van der Waals surface area contributed by atoms with Crippen molar-refractivity contribution in [1.29, 1.82) is 0 Å². The molecule has 0 fully saturated rings. The molecule has 5 aromatic rings. The van der Waals surface area contributed by atoms with Crippen LogP contribution in [0, 0.1) is 6.92 Å². The summed E-state index contributed by atoms with van der Waals surface area (Å²) in [6, 6.07) is 29.3. The third-order valence-electron chi connectivity index (χ3n) is 5.48. The molecule has 0 radical (unpaired) electrons. The van der Waals surface area contributed by atoms with E-state index in [1.807, 2.05) is 66.7 Å². The van der Waals surface area contributed by atoms with Crippen LogP contribution in [0.2, 0.25) is 0 Å². The molecule has 7 heteroatoms. The average molecular weight is 478 g/mol. The Hall–Kier alpha value is -4.23. The number of hydrogen-bond acceptors (Lipinski definition) is 5. The van der Waals surface area contributed by atoms with Crippen molar-refractivity contribution in [2.24, 2.45) is 0 Å². The molecule has 172 valence electrons. The van der Waals surface area contributed by atoms with E-state index >= 15 is 0 Å². The molecule has 0 aliphatic carbocycles. The zero-order valence-corrected chi connectivity index (χ0v) is 19.9. The maximum Gasteiger partial charge on any atom is 0.255 e. The maximum atomic E-state index is 12.5. The zero-order valence-electron chi connectivity index (χ0n) is 19.1. The summed E-state index contributed by atoms with van der Waals surface area (Å²) in [5.41, 5.74) is 5.63. The van der Waals surface area contributed by atoms with Gasteiger partial charge >= 0.3 is 0 Å². The van der Waals surface area contributed by atoms with Crippen LogP contribution in [0.4, 0.5) is 5.69 Å². The monoisotopic (exact) mass is 477 g/mol. The Labute approximate surface area is 208 Å². The Bertz CT molecular complexity index is 1420. The smallest absolute Gasteiger partial charge is 0.255 e. The molecule has 0 saturated heterocycles. The molecule has 0 aliphatic rings. The second-order valence-electron chi connectivity index (χ2n) is 8.02. The molecular weight excluding hydrogens is 454 g/mol. The molecule has 35 heavy (non-hydrogen) atoms. The van der Waals surface area contributed by atoms with Crippen LogP contribution >= 0.6 is 11.8 Å². The molecule has 0 unspecified atom stereocenters.